The monoisotopic (exact) mass is 374 g/mol. The van der Waals surface area contributed by atoms with Crippen molar-refractivity contribution < 1.29 is 0 Å². The summed E-state index contributed by atoms with van der Waals surface area (Å²) in [6.07, 6.45) is 11.7. The molecule has 0 bridgehead atoms. The second-order valence-electron chi connectivity index (χ2n) is 7.77. The number of nitrogens with zero attached hydrogens (tertiary/aromatic N) is 5. The average molecular weight is 374 g/mol. The molecule has 0 saturated heterocycles. The Labute approximate surface area is 165 Å². The third-order valence-corrected chi connectivity index (χ3v) is 5.95. The molecule has 1 unspecified atom stereocenters. The molecule has 1 aliphatic heterocycles. The Kier molecular flexibility index (Phi) is 4.69. The molecule has 0 fully saturated rings. The molecule has 0 radical (unpaired) electrons. The Morgan fingerprint density at radius 1 is 1.11 bits per heavy atom. The highest BCUT2D eigenvalue weighted by molar-refractivity contribution is 5.36. The van der Waals surface area contributed by atoms with Gasteiger partial charge in [0, 0.05) is 31.2 Å². The number of anilines is 1. The van der Waals surface area contributed by atoms with Gasteiger partial charge >= 0.3 is 0 Å². The largest absolute Gasteiger partial charge is 0.337 e. The first-order chi connectivity index (χ1) is 13.9. The molecule has 6 nitrogen and oxygen atoms in total. The van der Waals surface area contributed by atoms with Crippen molar-refractivity contribution in [2.24, 2.45) is 0 Å². The predicted molar refractivity (Wildman–Crippen MR) is 109 cm³/mol. The Bertz CT molecular complexity index is 955. The zero-order valence-corrected chi connectivity index (χ0v) is 16.1. The molecule has 1 atom stereocenters. The number of hydrogen-bond donors (Lipinski definition) is 1. The van der Waals surface area contributed by atoms with Gasteiger partial charge in [-0.15, -0.1) is 10.2 Å². The topological polar surface area (TPSA) is 62.6 Å². The van der Waals surface area contributed by atoms with Crippen LogP contribution in [0.3, 0.4) is 0 Å². The molecule has 0 amide bonds. The summed E-state index contributed by atoms with van der Waals surface area (Å²) in [4.78, 5) is 2.35. The first kappa shape index (κ1) is 17.2. The van der Waals surface area contributed by atoms with Gasteiger partial charge in [-0.05, 0) is 43.2 Å². The van der Waals surface area contributed by atoms with Crippen LogP contribution in [0.2, 0.25) is 0 Å². The van der Waals surface area contributed by atoms with Crippen molar-refractivity contribution in [1.82, 2.24) is 25.0 Å². The maximum atomic E-state index is 4.70. The van der Waals surface area contributed by atoms with E-state index < -0.39 is 0 Å². The van der Waals surface area contributed by atoms with Crippen molar-refractivity contribution in [3.05, 3.63) is 71.3 Å². The van der Waals surface area contributed by atoms with E-state index in [1.54, 1.807) is 0 Å². The van der Waals surface area contributed by atoms with E-state index in [0.717, 1.165) is 63.5 Å². The molecule has 0 spiro atoms. The lowest BCUT2D eigenvalue weighted by Crippen LogP contribution is -2.30. The molecule has 3 aromatic rings. The van der Waals surface area contributed by atoms with Crippen LogP contribution in [0.25, 0.3) is 0 Å². The summed E-state index contributed by atoms with van der Waals surface area (Å²) in [5.41, 5.74) is 3.97. The first-order valence-electron chi connectivity index (χ1n) is 10.3. The zero-order valence-electron chi connectivity index (χ0n) is 16.1. The molecule has 1 N–H and O–H groups in total. The summed E-state index contributed by atoms with van der Waals surface area (Å²) in [7, 11) is 0. The quantitative estimate of drug-likeness (QED) is 0.696. The van der Waals surface area contributed by atoms with Gasteiger partial charge in [0.25, 0.3) is 0 Å². The van der Waals surface area contributed by atoms with E-state index >= 15 is 0 Å². The van der Waals surface area contributed by atoms with Crippen LogP contribution in [0.5, 0.6) is 0 Å². The van der Waals surface area contributed by atoms with E-state index in [1.165, 1.54) is 16.8 Å². The third-order valence-electron chi connectivity index (χ3n) is 5.95. The van der Waals surface area contributed by atoms with Crippen molar-refractivity contribution in [1.29, 1.82) is 0 Å². The van der Waals surface area contributed by atoms with Gasteiger partial charge < -0.3 is 4.90 Å². The lowest BCUT2D eigenvalue weighted by Gasteiger charge is -2.27. The standard InChI is InChI=1S/C22H26N6/c1-3-7-17(8-4-1)11-14-28-21(18-9-10-20-19(15-18)16-23-24-20)25-26-22(28)27-12-5-2-6-13-27/h1-5,7-8,16,18H,6,9-15H2,(H,23,24). The highest BCUT2D eigenvalue weighted by atomic mass is 15.4. The van der Waals surface area contributed by atoms with Crippen LogP contribution in [-0.4, -0.2) is 38.1 Å². The Hall–Kier alpha value is -2.89. The molecular formula is C22H26N6. The van der Waals surface area contributed by atoms with Crippen molar-refractivity contribution in [3.8, 4) is 0 Å². The summed E-state index contributed by atoms with van der Waals surface area (Å²) < 4.78 is 2.38. The number of rotatable bonds is 5. The number of aryl methyl sites for hydroxylation is 2. The maximum Gasteiger partial charge on any atom is 0.227 e. The highest BCUT2D eigenvalue weighted by Gasteiger charge is 2.28. The molecule has 2 aliphatic rings. The van der Waals surface area contributed by atoms with Crippen molar-refractivity contribution >= 4 is 5.95 Å². The van der Waals surface area contributed by atoms with Crippen LogP contribution in [0.1, 0.15) is 41.4 Å². The molecule has 28 heavy (non-hydrogen) atoms. The fourth-order valence-electron chi connectivity index (χ4n) is 4.40. The van der Waals surface area contributed by atoms with Gasteiger partial charge in [0.05, 0.1) is 6.20 Å². The van der Waals surface area contributed by atoms with E-state index in [1.807, 2.05) is 6.20 Å². The molecule has 1 aliphatic carbocycles. The van der Waals surface area contributed by atoms with Gasteiger partial charge in [-0.1, -0.05) is 42.5 Å². The SMILES string of the molecule is C1=CCN(c2nnc(C3CCc4[nH]ncc4C3)n2CCc2ccccc2)CC1. The van der Waals surface area contributed by atoms with Gasteiger partial charge in [0.1, 0.15) is 5.82 Å². The number of nitrogens with one attached hydrogen (secondary N) is 1. The minimum Gasteiger partial charge on any atom is -0.337 e. The van der Waals surface area contributed by atoms with Crippen LogP contribution in [0, 0.1) is 0 Å². The fraction of sp³-hybridized carbons (Fsp3) is 0.409. The summed E-state index contributed by atoms with van der Waals surface area (Å²) >= 11 is 0. The first-order valence-corrected chi connectivity index (χ1v) is 10.3. The van der Waals surface area contributed by atoms with Crippen LogP contribution in [-0.2, 0) is 25.8 Å². The zero-order chi connectivity index (χ0) is 18.8. The van der Waals surface area contributed by atoms with Gasteiger partial charge in [-0.3, -0.25) is 9.67 Å². The summed E-state index contributed by atoms with van der Waals surface area (Å²) in [6, 6.07) is 10.7. The number of H-pyrrole nitrogens is 1. The Balaban J connectivity index is 1.44. The molecular weight excluding hydrogens is 348 g/mol. The lowest BCUT2D eigenvalue weighted by molar-refractivity contribution is 0.512. The van der Waals surface area contributed by atoms with Crippen LogP contribution in [0.4, 0.5) is 5.95 Å². The highest BCUT2D eigenvalue weighted by Crippen LogP contribution is 2.32. The second kappa shape index (κ2) is 7.62. The Morgan fingerprint density at radius 2 is 2.04 bits per heavy atom. The minimum atomic E-state index is 0.405. The van der Waals surface area contributed by atoms with Crippen LogP contribution >= 0.6 is 0 Å². The maximum absolute atomic E-state index is 4.70. The van der Waals surface area contributed by atoms with E-state index in [0.29, 0.717) is 5.92 Å². The van der Waals surface area contributed by atoms with Crippen molar-refractivity contribution in [2.45, 2.75) is 44.6 Å². The number of benzene rings is 1. The van der Waals surface area contributed by atoms with Crippen LogP contribution in [0.15, 0.2) is 48.7 Å². The average Bonchev–Trinajstić information content (AvgIpc) is 3.40. The number of fused-ring (bicyclic) bond motifs is 1. The van der Waals surface area contributed by atoms with E-state index in [2.05, 4.69) is 67.2 Å². The molecule has 6 heteroatoms. The predicted octanol–water partition coefficient (Wildman–Crippen LogP) is 3.28. The smallest absolute Gasteiger partial charge is 0.227 e. The van der Waals surface area contributed by atoms with E-state index in [-0.39, 0.29) is 0 Å². The van der Waals surface area contributed by atoms with E-state index in [9.17, 15) is 0 Å². The third kappa shape index (κ3) is 3.35. The fourth-order valence-corrected chi connectivity index (χ4v) is 4.40. The van der Waals surface area contributed by atoms with Gasteiger partial charge in [0.2, 0.25) is 5.95 Å². The molecule has 5 rings (SSSR count). The molecule has 0 saturated carbocycles. The van der Waals surface area contributed by atoms with Gasteiger partial charge in [0.15, 0.2) is 0 Å². The lowest BCUT2D eigenvalue weighted by atomic mass is 9.87. The number of aromatic nitrogens is 5. The molecule has 2 aromatic heterocycles. The Morgan fingerprint density at radius 3 is 2.89 bits per heavy atom. The summed E-state index contributed by atoms with van der Waals surface area (Å²) in [5.74, 6) is 2.56. The normalized spacial score (nSPS) is 19.0. The van der Waals surface area contributed by atoms with Crippen LogP contribution < -0.4 is 4.90 Å². The summed E-state index contributed by atoms with van der Waals surface area (Å²) in [5, 5.41) is 16.7. The number of aromatic amines is 1. The molecule has 1 aromatic carbocycles. The van der Waals surface area contributed by atoms with Gasteiger partial charge in [-0.25, -0.2) is 0 Å². The van der Waals surface area contributed by atoms with Crippen molar-refractivity contribution in [3.63, 3.8) is 0 Å². The van der Waals surface area contributed by atoms with E-state index in [4.69, 9.17) is 5.10 Å². The second-order valence-corrected chi connectivity index (χ2v) is 7.77. The van der Waals surface area contributed by atoms with Crippen molar-refractivity contribution in [2.75, 3.05) is 18.0 Å². The van der Waals surface area contributed by atoms with Gasteiger partial charge in [-0.2, -0.15) is 5.10 Å². The minimum absolute atomic E-state index is 0.405. The number of hydrogen-bond acceptors (Lipinski definition) is 4. The molecule has 3 heterocycles. The summed E-state index contributed by atoms with van der Waals surface area (Å²) in [6.45, 7) is 2.84. The molecule has 144 valence electrons.